The molecule has 0 fully saturated rings. The Kier molecular flexibility index (Phi) is 7.17. The second-order valence-corrected chi connectivity index (χ2v) is 7.29. The molecule has 2 amide bonds. The van der Waals surface area contributed by atoms with Gasteiger partial charge in [-0.05, 0) is 42.0 Å². The molecule has 2 aromatic rings. The van der Waals surface area contributed by atoms with E-state index in [9.17, 15) is 9.59 Å². The molecule has 0 saturated carbocycles. The minimum Gasteiger partial charge on any atom is -0.354 e. The fourth-order valence-corrected chi connectivity index (χ4v) is 3.29. The molecule has 4 heteroatoms. The van der Waals surface area contributed by atoms with Crippen LogP contribution in [0.2, 0.25) is 0 Å². The van der Waals surface area contributed by atoms with E-state index < -0.39 is 0 Å². The van der Waals surface area contributed by atoms with E-state index in [0.717, 1.165) is 27.9 Å². The van der Waals surface area contributed by atoms with Crippen LogP contribution >= 0.6 is 0 Å². The van der Waals surface area contributed by atoms with Crippen molar-refractivity contribution in [2.24, 2.45) is 0 Å². The number of carbonyl (C=O) groups excluding carboxylic acids is 2. The topological polar surface area (TPSA) is 49.4 Å². The highest BCUT2D eigenvalue weighted by atomic mass is 16.2. The van der Waals surface area contributed by atoms with Crippen LogP contribution in [0.25, 0.3) is 0 Å². The van der Waals surface area contributed by atoms with Crippen LogP contribution < -0.4 is 10.2 Å². The van der Waals surface area contributed by atoms with E-state index in [4.69, 9.17) is 0 Å². The molecule has 0 aliphatic rings. The van der Waals surface area contributed by atoms with E-state index in [1.165, 1.54) is 0 Å². The molecule has 1 N–H and O–H groups in total. The Balaban J connectivity index is 2.05. The van der Waals surface area contributed by atoms with Gasteiger partial charge in [-0.2, -0.15) is 0 Å². The molecular formula is C23H30N2O2. The lowest BCUT2D eigenvalue weighted by molar-refractivity contribution is -0.121. The van der Waals surface area contributed by atoms with E-state index in [0.29, 0.717) is 25.4 Å². The maximum Gasteiger partial charge on any atom is 0.224 e. The summed E-state index contributed by atoms with van der Waals surface area (Å²) >= 11 is 0. The van der Waals surface area contributed by atoms with Crippen molar-refractivity contribution < 1.29 is 9.59 Å². The molecule has 0 bridgehead atoms. The monoisotopic (exact) mass is 366 g/mol. The third-order valence-electron chi connectivity index (χ3n) is 4.81. The standard InChI is InChI=1S/C23H30N2O2/c1-16(2)21-12-8-10-18(4)23(21)25(19(5)26)14-13-24-22(27)15-20-11-7-6-9-17(20)3/h6-12,16H,13-15H2,1-5H3,(H,24,27). The van der Waals surface area contributed by atoms with Crippen molar-refractivity contribution in [3.05, 3.63) is 64.7 Å². The molecular weight excluding hydrogens is 336 g/mol. The molecule has 0 aliphatic heterocycles. The van der Waals surface area contributed by atoms with Gasteiger partial charge in [0, 0.05) is 20.0 Å². The number of rotatable bonds is 7. The zero-order valence-electron chi connectivity index (χ0n) is 17.0. The fraction of sp³-hybridized carbons (Fsp3) is 0.391. The van der Waals surface area contributed by atoms with Gasteiger partial charge < -0.3 is 10.2 Å². The maximum atomic E-state index is 12.3. The molecule has 0 unspecified atom stereocenters. The first-order valence-corrected chi connectivity index (χ1v) is 9.50. The first-order chi connectivity index (χ1) is 12.8. The highest BCUT2D eigenvalue weighted by Crippen LogP contribution is 2.30. The Morgan fingerprint density at radius 2 is 1.67 bits per heavy atom. The summed E-state index contributed by atoms with van der Waals surface area (Å²) in [6.45, 7) is 10.7. The van der Waals surface area contributed by atoms with Gasteiger partial charge in [0.15, 0.2) is 0 Å². The summed E-state index contributed by atoms with van der Waals surface area (Å²) in [4.78, 5) is 26.4. The van der Waals surface area contributed by atoms with Gasteiger partial charge in [-0.1, -0.05) is 56.3 Å². The van der Waals surface area contributed by atoms with Crippen molar-refractivity contribution in [1.29, 1.82) is 0 Å². The van der Waals surface area contributed by atoms with E-state index in [1.54, 1.807) is 11.8 Å². The number of amides is 2. The van der Waals surface area contributed by atoms with Gasteiger partial charge in [0.2, 0.25) is 11.8 Å². The highest BCUT2D eigenvalue weighted by Gasteiger charge is 2.19. The number of benzene rings is 2. The second-order valence-electron chi connectivity index (χ2n) is 7.29. The lowest BCUT2D eigenvalue weighted by Crippen LogP contribution is -2.39. The van der Waals surface area contributed by atoms with Crippen LogP contribution in [-0.4, -0.2) is 24.9 Å². The summed E-state index contributed by atoms with van der Waals surface area (Å²) in [5, 5.41) is 2.95. The molecule has 0 atom stereocenters. The number of anilines is 1. The molecule has 2 aromatic carbocycles. The van der Waals surface area contributed by atoms with Crippen LogP contribution in [-0.2, 0) is 16.0 Å². The number of hydrogen-bond donors (Lipinski definition) is 1. The number of aryl methyl sites for hydroxylation is 2. The summed E-state index contributed by atoms with van der Waals surface area (Å²) in [5.41, 5.74) is 5.33. The predicted molar refractivity (Wildman–Crippen MR) is 111 cm³/mol. The van der Waals surface area contributed by atoms with E-state index in [1.807, 2.05) is 50.2 Å². The smallest absolute Gasteiger partial charge is 0.224 e. The normalized spacial score (nSPS) is 10.7. The van der Waals surface area contributed by atoms with E-state index in [-0.39, 0.29) is 11.8 Å². The van der Waals surface area contributed by atoms with Gasteiger partial charge in [-0.25, -0.2) is 0 Å². The highest BCUT2D eigenvalue weighted by molar-refractivity contribution is 5.93. The van der Waals surface area contributed by atoms with Crippen LogP contribution in [0.1, 0.15) is 48.9 Å². The second kappa shape index (κ2) is 9.36. The summed E-state index contributed by atoms with van der Waals surface area (Å²) < 4.78 is 0. The van der Waals surface area contributed by atoms with E-state index in [2.05, 4.69) is 25.2 Å². The minimum absolute atomic E-state index is 0.0145. The van der Waals surface area contributed by atoms with Gasteiger partial charge in [-0.3, -0.25) is 9.59 Å². The molecule has 4 nitrogen and oxygen atoms in total. The third kappa shape index (κ3) is 5.43. The molecule has 0 aliphatic carbocycles. The molecule has 144 valence electrons. The molecule has 0 heterocycles. The molecule has 0 saturated heterocycles. The van der Waals surface area contributed by atoms with Crippen molar-refractivity contribution in [2.75, 3.05) is 18.0 Å². The van der Waals surface area contributed by atoms with Crippen molar-refractivity contribution >= 4 is 17.5 Å². The Morgan fingerprint density at radius 1 is 1.00 bits per heavy atom. The lowest BCUT2D eigenvalue weighted by atomic mass is 9.97. The zero-order valence-corrected chi connectivity index (χ0v) is 17.0. The van der Waals surface area contributed by atoms with Crippen molar-refractivity contribution in [2.45, 2.75) is 47.0 Å². The summed E-state index contributed by atoms with van der Waals surface area (Å²) in [5.74, 6) is 0.276. The van der Waals surface area contributed by atoms with Crippen molar-refractivity contribution in [3.63, 3.8) is 0 Å². The quantitative estimate of drug-likeness (QED) is 0.801. The predicted octanol–water partition coefficient (Wildman–Crippen LogP) is 4.14. The molecule has 27 heavy (non-hydrogen) atoms. The van der Waals surface area contributed by atoms with Crippen LogP contribution in [0.3, 0.4) is 0 Å². The zero-order chi connectivity index (χ0) is 20.0. The number of carbonyl (C=O) groups is 2. The van der Waals surface area contributed by atoms with Crippen LogP contribution in [0.4, 0.5) is 5.69 Å². The van der Waals surface area contributed by atoms with Crippen molar-refractivity contribution in [3.8, 4) is 0 Å². The Hall–Kier alpha value is -2.62. The summed E-state index contributed by atoms with van der Waals surface area (Å²) in [6, 6.07) is 14.0. The number of nitrogens with one attached hydrogen (secondary N) is 1. The van der Waals surface area contributed by atoms with Gasteiger partial charge >= 0.3 is 0 Å². The lowest BCUT2D eigenvalue weighted by Gasteiger charge is -2.27. The molecule has 0 radical (unpaired) electrons. The summed E-state index contributed by atoms with van der Waals surface area (Å²) in [6.07, 6.45) is 0.356. The van der Waals surface area contributed by atoms with Gasteiger partial charge in [0.25, 0.3) is 0 Å². The summed E-state index contributed by atoms with van der Waals surface area (Å²) in [7, 11) is 0. The van der Waals surface area contributed by atoms with E-state index >= 15 is 0 Å². The first kappa shape index (κ1) is 20.7. The number of hydrogen-bond acceptors (Lipinski definition) is 2. The Labute approximate surface area is 162 Å². The van der Waals surface area contributed by atoms with Crippen LogP contribution in [0.15, 0.2) is 42.5 Å². The minimum atomic E-state index is -0.0262. The van der Waals surface area contributed by atoms with Crippen LogP contribution in [0, 0.1) is 13.8 Å². The maximum absolute atomic E-state index is 12.3. The van der Waals surface area contributed by atoms with Gasteiger partial charge in [0.05, 0.1) is 12.1 Å². The molecule has 0 spiro atoms. The molecule has 2 rings (SSSR count). The first-order valence-electron chi connectivity index (χ1n) is 9.50. The number of nitrogens with zero attached hydrogens (tertiary/aromatic N) is 1. The van der Waals surface area contributed by atoms with Crippen LogP contribution in [0.5, 0.6) is 0 Å². The fourth-order valence-electron chi connectivity index (χ4n) is 3.29. The Bertz CT molecular complexity index is 812. The van der Waals surface area contributed by atoms with Crippen molar-refractivity contribution in [1.82, 2.24) is 5.32 Å². The van der Waals surface area contributed by atoms with Gasteiger partial charge in [0.1, 0.15) is 0 Å². The third-order valence-corrected chi connectivity index (χ3v) is 4.81. The largest absolute Gasteiger partial charge is 0.354 e. The number of para-hydroxylation sites is 1. The SMILES string of the molecule is CC(=O)N(CCNC(=O)Cc1ccccc1C)c1c(C)cccc1C(C)C. The average Bonchev–Trinajstić information content (AvgIpc) is 2.60. The average molecular weight is 367 g/mol. The Morgan fingerprint density at radius 3 is 2.30 bits per heavy atom. The van der Waals surface area contributed by atoms with Gasteiger partial charge in [-0.15, -0.1) is 0 Å². The molecule has 0 aromatic heterocycles.